The minimum absolute atomic E-state index is 0.0917. The van der Waals surface area contributed by atoms with Crippen LogP contribution in [-0.2, 0) is 9.59 Å². The van der Waals surface area contributed by atoms with Crippen molar-refractivity contribution in [2.24, 2.45) is 17.8 Å². The van der Waals surface area contributed by atoms with E-state index in [1.54, 1.807) is 0 Å². The Bertz CT molecular complexity index is 321. The van der Waals surface area contributed by atoms with Crippen LogP contribution < -0.4 is 0 Å². The van der Waals surface area contributed by atoms with Gasteiger partial charge in [0.15, 0.2) is 0 Å². The number of hydrogen-bond acceptors (Lipinski definition) is 2. The van der Waals surface area contributed by atoms with E-state index < -0.39 is 11.9 Å². The van der Waals surface area contributed by atoms with Crippen LogP contribution in [0.15, 0.2) is 0 Å². The molecule has 2 fully saturated rings. The zero-order valence-corrected chi connectivity index (χ0v) is 11.1. The quantitative estimate of drug-likeness (QED) is 0.820. The Balaban J connectivity index is 2.00. The molecule has 0 aromatic carbocycles. The van der Waals surface area contributed by atoms with Crippen LogP contribution in [0.3, 0.4) is 0 Å². The molecule has 1 N–H and O–H groups in total. The first-order valence-electron chi connectivity index (χ1n) is 7.11. The second-order valence-corrected chi connectivity index (χ2v) is 5.84. The third kappa shape index (κ3) is 2.85. The zero-order chi connectivity index (χ0) is 13.1. The van der Waals surface area contributed by atoms with Crippen LogP contribution in [0.5, 0.6) is 0 Å². The van der Waals surface area contributed by atoms with E-state index >= 15 is 0 Å². The summed E-state index contributed by atoms with van der Waals surface area (Å²) in [6.07, 6.45) is 5.45. The number of likely N-dealkylation sites (tertiary alicyclic amines) is 1. The monoisotopic (exact) mass is 253 g/mol. The second-order valence-electron chi connectivity index (χ2n) is 5.84. The molecule has 1 saturated carbocycles. The Morgan fingerprint density at radius 1 is 1.00 bits per heavy atom. The van der Waals surface area contributed by atoms with Crippen molar-refractivity contribution in [2.45, 2.75) is 45.4 Å². The minimum atomic E-state index is -0.793. The van der Waals surface area contributed by atoms with Gasteiger partial charge in [-0.25, -0.2) is 0 Å². The van der Waals surface area contributed by atoms with Gasteiger partial charge in [-0.05, 0) is 31.6 Å². The zero-order valence-electron chi connectivity index (χ0n) is 11.1. The predicted molar refractivity (Wildman–Crippen MR) is 68.1 cm³/mol. The first kappa shape index (κ1) is 13.4. The lowest BCUT2D eigenvalue weighted by Crippen LogP contribution is -2.45. The molecule has 18 heavy (non-hydrogen) atoms. The number of amides is 1. The standard InChI is InChI=1S/C14H23NO3/c1-10-6-8-15(9-7-10)13(16)11-4-2-3-5-12(11)14(17)18/h10-12H,2-9H2,1H3,(H,17,18)/t11-,12+/m0/s1. The van der Waals surface area contributed by atoms with Crippen molar-refractivity contribution in [1.29, 1.82) is 0 Å². The van der Waals surface area contributed by atoms with Crippen LogP contribution in [0.2, 0.25) is 0 Å². The first-order valence-corrected chi connectivity index (χ1v) is 7.11. The topological polar surface area (TPSA) is 57.6 Å². The van der Waals surface area contributed by atoms with Gasteiger partial charge < -0.3 is 10.0 Å². The Labute approximate surface area is 108 Å². The van der Waals surface area contributed by atoms with Gasteiger partial charge in [0.1, 0.15) is 0 Å². The Kier molecular flexibility index (Phi) is 4.25. The average Bonchev–Trinajstić information content (AvgIpc) is 2.39. The summed E-state index contributed by atoms with van der Waals surface area (Å²) < 4.78 is 0. The van der Waals surface area contributed by atoms with Crippen LogP contribution in [0.4, 0.5) is 0 Å². The lowest BCUT2D eigenvalue weighted by atomic mass is 9.78. The molecule has 1 aliphatic carbocycles. The molecule has 0 radical (unpaired) electrons. The Morgan fingerprint density at radius 2 is 1.56 bits per heavy atom. The molecule has 2 atom stereocenters. The van der Waals surface area contributed by atoms with E-state index in [0.717, 1.165) is 45.2 Å². The molecule has 1 aliphatic heterocycles. The van der Waals surface area contributed by atoms with Gasteiger partial charge in [-0.1, -0.05) is 19.8 Å². The van der Waals surface area contributed by atoms with E-state index in [0.29, 0.717) is 12.3 Å². The summed E-state index contributed by atoms with van der Waals surface area (Å²) in [5, 5.41) is 9.23. The predicted octanol–water partition coefficient (Wildman–Crippen LogP) is 2.14. The van der Waals surface area contributed by atoms with Crippen molar-refractivity contribution < 1.29 is 14.7 Å². The molecule has 1 saturated heterocycles. The van der Waals surface area contributed by atoms with Crippen molar-refractivity contribution in [3.05, 3.63) is 0 Å². The lowest BCUT2D eigenvalue weighted by molar-refractivity contribution is -0.152. The molecule has 4 nitrogen and oxygen atoms in total. The number of piperidine rings is 1. The largest absolute Gasteiger partial charge is 0.481 e. The molecule has 0 aromatic heterocycles. The third-order valence-corrected chi connectivity index (χ3v) is 4.50. The van der Waals surface area contributed by atoms with Gasteiger partial charge in [0, 0.05) is 13.1 Å². The third-order valence-electron chi connectivity index (χ3n) is 4.50. The van der Waals surface area contributed by atoms with Crippen molar-refractivity contribution in [2.75, 3.05) is 13.1 Å². The number of carboxylic acid groups (broad SMARTS) is 1. The van der Waals surface area contributed by atoms with Gasteiger partial charge in [0.2, 0.25) is 5.91 Å². The molecule has 1 amide bonds. The highest BCUT2D eigenvalue weighted by Crippen LogP contribution is 2.32. The van der Waals surface area contributed by atoms with Crippen LogP contribution in [0.1, 0.15) is 45.4 Å². The summed E-state index contributed by atoms with van der Waals surface area (Å²) in [5.74, 6) is -0.738. The molecule has 2 rings (SSSR count). The van der Waals surface area contributed by atoms with Crippen LogP contribution in [0, 0.1) is 17.8 Å². The van der Waals surface area contributed by atoms with E-state index in [2.05, 4.69) is 6.92 Å². The smallest absolute Gasteiger partial charge is 0.307 e. The highest BCUT2D eigenvalue weighted by Gasteiger charge is 2.38. The van der Waals surface area contributed by atoms with E-state index in [-0.39, 0.29) is 11.8 Å². The van der Waals surface area contributed by atoms with Crippen LogP contribution >= 0.6 is 0 Å². The molecule has 0 unspecified atom stereocenters. The fourth-order valence-electron chi connectivity index (χ4n) is 3.19. The number of nitrogens with zero attached hydrogens (tertiary/aromatic N) is 1. The SMILES string of the molecule is CC1CCN(C(=O)[C@H]2CCCC[C@H]2C(=O)O)CC1. The fourth-order valence-corrected chi connectivity index (χ4v) is 3.19. The van der Waals surface area contributed by atoms with Crippen molar-refractivity contribution >= 4 is 11.9 Å². The summed E-state index contributed by atoms with van der Waals surface area (Å²) in [7, 11) is 0. The van der Waals surface area contributed by atoms with E-state index in [4.69, 9.17) is 0 Å². The molecule has 4 heteroatoms. The molecule has 2 aliphatic rings. The fraction of sp³-hybridized carbons (Fsp3) is 0.857. The summed E-state index contributed by atoms with van der Waals surface area (Å²) in [6, 6.07) is 0. The number of hydrogen-bond donors (Lipinski definition) is 1. The molecule has 102 valence electrons. The highest BCUT2D eigenvalue weighted by molar-refractivity contribution is 5.85. The molecule has 0 spiro atoms. The summed E-state index contributed by atoms with van der Waals surface area (Å²) in [4.78, 5) is 25.6. The van der Waals surface area contributed by atoms with Gasteiger partial charge in [-0.2, -0.15) is 0 Å². The maximum Gasteiger partial charge on any atom is 0.307 e. The second kappa shape index (κ2) is 5.72. The lowest BCUT2D eigenvalue weighted by Gasteiger charge is -2.36. The van der Waals surface area contributed by atoms with E-state index in [1.165, 1.54) is 0 Å². The average molecular weight is 253 g/mol. The van der Waals surface area contributed by atoms with Gasteiger partial charge in [0.25, 0.3) is 0 Å². The van der Waals surface area contributed by atoms with Gasteiger partial charge >= 0.3 is 5.97 Å². The number of carbonyl (C=O) groups is 2. The molecule has 0 bridgehead atoms. The summed E-state index contributed by atoms with van der Waals surface area (Å²) in [6.45, 7) is 3.83. The maximum absolute atomic E-state index is 12.4. The Hall–Kier alpha value is -1.06. The van der Waals surface area contributed by atoms with Gasteiger partial charge in [-0.15, -0.1) is 0 Å². The molecular weight excluding hydrogens is 230 g/mol. The molecule has 0 aromatic rings. The molecule has 1 heterocycles. The number of carboxylic acids is 1. The normalized spacial score (nSPS) is 30.2. The van der Waals surface area contributed by atoms with Crippen LogP contribution in [-0.4, -0.2) is 35.0 Å². The van der Waals surface area contributed by atoms with E-state index in [1.807, 2.05) is 4.90 Å². The summed E-state index contributed by atoms with van der Waals surface area (Å²) >= 11 is 0. The number of carbonyl (C=O) groups excluding carboxylic acids is 1. The van der Waals surface area contributed by atoms with Crippen molar-refractivity contribution in [1.82, 2.24) is 4.90 Å². The van der Waals surface area contributed by atoms with Gasteiger partial charge in [0.05, 0.1) is 11.8 Å². The first-order chi connectivity index (χ1) is 8.59. The molecular formula is C14H23NO3. The van der Waals surface area contributed by atoms with Crippen molar-refractivity contribution in [3.63, 3.8) is 0 Å². The summed E-state index contributed by atoms with van der Waals surface area (Å²) in [5.41, 5.74) is 0. The van der Waals surface area contributed by atoms with Crippen molar-refractivity contribution in [3.8, 4) is 0 Å². The number of aliphatic carboxylic acids is 1. The van der Waals surface area contributed by atoms with E-state index in [9.17, 15) is 14.7 Å². The maximum atomic E-state index is 12.4. The minimum Gasteiger partial charge on any atom is -0.481 e. The number of rotatable bonds is 2. The highest BCUT2D eigenvalue weighted by atomic mass is 16.4. The Morgan fingerprint density at radius 3 is 2.11 bits per heavy atom. The van der Waals surface area contributed by atoms with Crippen LogP contribution in [0.25, 0.3) is 0 Å². The van der Waals surface area contributed by atoms with Gasteiger partial charge in [-0.3, -0.25) is 9.59 Å².